The molecule has 0 aromatic heterocycles. The molecule has 2 rings (SSSR count). The van der Waals surface area contributed by atoms with E-state index in [4.69, 9.17) is 16.3 Å². The molecule has 1 aliphatic carbocycles. The first-order chi connectivity index (χ1) is 11.0. The summed E-state index contributed by atoms with van der Waals surface area (Å²) in [5, 5.41) is 3.85. The Morgan fingerprint density at radius 2 is 2.00 bits per heavy atom. The third-order valence-electron chi connectivity index (χ3n) is 3.38. The molecule has 3 nitrogen and oxygen atoms in total. The van der Waals surface area contributed by atoms with Crippen LogP contribution in [0.2, 0.25) is 5.02 Å². The molecule has 0 aliphatic heterocycles. The maximum Gasteiger partial charge on any atom is 0.123 e. The molecule has 1 aliphatic rings. The first-order valence-electron chi connectivity index (χ1n) is 7.62. The number of rotatable bonds is 6. The number of ether oxygens (including phenoxy) is 1. The van der Waals surface area contributed by atoms with Crippen molar-refractivity contribution in [1.29, 1.82) is 0 Å². The van der Waals surface area contributed by atoms with Crippen molar-refractivity contribution < 1.29 is 9.53 Å². The standard InChI is InChI=1S/C11H16ClNO.C4H6O.C4H6/c1-11(14-3,8-13-2)9-5-4-6-10(12)7-9;5-3-4-1-2-4;1-3-4-2/h4-7,13H,8H2,1-3H3;3-4H,1-2H2;3-4H,1-2H2. The van der Waals surface area contributed by atoms with E-state index in [1.807, 2.05) is 38.2 Å². The molecule has 1 unspecified atom stereocenters. The molecule has 0 amide bonds. The molecule has 1 aromatic rings. The van der Waals surface area contributed by atoms with Gasteiger partial charge in [-0.25, -0.2) is 0 Å². The van der Waals surface area contributed by atoms with Gasteiger partial charge in [0.1, 0.15) is 11.9 Å². The predicted molar refractivity (Wildman–Crippen MR) is 98.9 cm³/mol. The van der Waals surface area contributed by atoms with E-state index in [0.29, 0.717) is 5.92 Å². The molecule has 0 spiro atoms. The molecular formula is C19H28ClNO2. The maximum atomic E-state index is 9.57. The van der Waals surface area contributed by atoms with Gasteiger partial charge in [0, 0.05) is 24.6 Å². The molecule has 128 valence electrons. The van der Waals surface area contributed by atoms with E-state index >= 15 is 0 Å². The topological polar surface area (TPSA) is 38.3 Å². The molecule has 1 aromatic carbocycles. The number of benzene rings is 1. The molecule has 1 saturated carbocycles. The summed E-state index contributed by atoms with van der Waals surface area (Å²) in [5.74, 6) is 0.454. The molecule has 23 heavy (non-hydrogen) atoms. The Bertz CT molecular complexity index is 480. The van der Waals surface area contributed by atoms with Crippen molar-refractivity contribution in [1.82, 2.24) is 5.32 Å². The Labute approximate surface area is 145 Å². The molecular weight excluding hydrogens is 310 g/mol. The van der Waals surface area contributed by atoms with Crippen LogP contribution in [0.3, 0.4) is 0 Å². The summed E-state index contributed by atoms with van der Waals surface area (Å²) >= 11 is 5.93. The minimum absolute atomic E-state index is 0.320. The first kappa shape index (κ1) is 21.6. The van der Waals surface area contributed by atoms with Gasteiger partial charge < -0.3 is 14.8 Å². The number of hydrogen-bond acceptors (Lipinski definition) is 3. The molecule has 0 radical (unpaired) electrons. The van der Waals surface area contributed by atoms with E-state index in [1.54, 1.807) is 19.3 Å². The van der Waals surface area contributed by atoms with Gasteiger partial charge >= 0.3 is 0 Å². The van der Waals surface area contributed by atoms with Crippen LogP contribution in [0.5, 0.6) is 0 Å². The highest BCUT2D eigenvalue weighted by Gasteiger charge is 2.25. The summed E-state index contributed by atoms with van der Waals surface area (Å²) in [6.07, 6.45) is 6.59. The fourth-order valence-corrected chi connectivity index (χ4v) is 1.87. The summed E-state index contributed by atoms with van der Waals surface area (Å²) in [6.45, 7) is 9.51. The number of carbonyl (C=O) groups excluding carboxylic acids is 1. The van der Waals surface area contributed by atoms with Crippen molar-refractivity contribution >= 4 is 17.9 Å². The van der Waals surface area contributed by atoms with Gasteiger partial charge in [0.25, 0.3) is 0 Å². The average Bonchev–Trinajstić information content (AvgIpc) is 3.40. The number of nitrogens with one attached hydrogen (secondary N) is 1. The second-order valence-electron chi connectivity index (χ2n) is 5.42. The minimum Gasteiger partial charge on any atom is -0.372 e. The molecule has 1 N–H and O–H groups in total. The summed E-state index contributed by atoms with van der Waals surface area (Å²) in [6, 6.07) is 7.75. The van der Waals surface area contributed by atoms with Crippen LogP contribution in [-0.4, -0.2) is 27.0 Å². The monoisotopic (exact) mass is 337 g/mol. The lowest BCUT2D eigenvalue weighted by molar-refractivity contribution is -0.108. The van der Waals surface area contributed by atoms with Gasteiger partial charge in [-0.15, -0.1) is 0 Å². The number of aldehydes is 1. The fraction of sp³-hybridized carbons (Fsp3) is 0.421. The van der Waals surface area contributed by atoms with Gasteiger partial charge in [0.05, 0.1) is 0 Å². The number of carbonyl (C=O) groups is 1. The van der Waals surface area contributed by atoms with Crippen molar-refractivity contribution in [3.05, 3.63) is 60.2 Å². The SMILES string of the molecule is C=CC=C.CNCC(C)(OC)c1cccc(Cl)c1.O=CC1CC1. The Morgan fingerprint density at radius 1 is 1.39 bits per heavy atom. The summed E-state index contributed by atoms with van der Waals surface area (Å²) in [5.41, 5.74) is 0.765. The Morgan fingerprint density at radius 3 is 2.30 bits per heavy atom. The van der Waals surface area contributed by atoms with Crippen LogP contribution in [0, 0.1) is 5.92 Å². The second kappa shape index (κ2) is 12.1. The van der Waals surface area contributed by atoms with E-state index in [2.05, 4.69) is 18.5 Å². The van der Waals surface area contributed by atoms with E-state index in [-0.39, 0.29) is 5.60 Å². The summed E-state index contributed by atoms with van der Waals surface area (Å²) < 4.78 is 5.50. The van der Waals surface area contributed by atoms with E-state index < -0.39 is 0 Å². The van der Waals surface area contributed by atoms with Crippen molar-refractivity contribution in [2.75, 3.05) is 20.7 Å². The number of methoxy groups -OCH3 is 1. The molecule has 1 atom stereocenters. The third-order valence-corrected chi connectivity index (χ3v) is 3.62. The van der Waals surface area contributed by atoms with Gasteiger partial charge in [-0.1, -0.05) is 49.0 Å². The van der Waals surface area contributed by atoms with Gasteiger partial charge in [0.2, 0.25) is 0 Å². The normalized spacial score (nSPS) is 15.0. The minimum atomic E-state index is -0.320. The summed E-state index contributed by atoms with van der Waals surface area (Å²) in [7, 11) is 3.61. The zero-order valence-corrected chi connectivity index (χ0v) is 15.1. The highest BCUT2D eigenvalue weighted by molar-refractivity contribution is 6.30. The highest BCUT2D eigenvalue weighted by atomic mass is 35.5. The van der Waals surface area contributed by atoms with Crippen LogP contribution < -0.4 is 5.32 Å². The maximum absolute atomic E-state index is 9.57. The number of likely N-dealkylation sites (N-methyl/N-ethyl adjacent to an activating group) is 1. The van der Waals surface area contributed by atoms with Crippen LogP contribution in [0.25, 0.3) is 0 Å². The molecule has 0 bridgehead atoms. The second-order valence-corrected chi connectivity index (χ2v) is 5.86. The van der Waals surface area contributed by atoms with Crippen molar-refractivity contribution in [3.8, 4) is 0 Å². The van der Waals surface area contributed by atoms with Crippen LogP contribution in [0.1, 0.15) is 25.3 Å². The van der Waals surface area contributed by atoms with Crippen molar-refractivity contribution in [2.24, 2.45) is 5.92 Å². The molecule has 4 heteroatoms. The van der Waals surface area contributed by atoms with Crippen LogP contribution in [0.4, 0.5) is 0 Å². The number of hydrogen-bond donors (Lipinski definition) is 1. The molecule has 0 heterocycles. The first-order valence-corrected chi connectivity index (χ1v) is 7.99. The largest absolute Gasteiger partial charge is 0.372 e. The Kier molecular flexibility index (Phi) is 11.3. The van der Waals surface area contributed by atoms with Gasteiger partial charge in [-0.2, -0.15) is 0 Å². The Hall–Kier alpha value is -1.42. The molecule has 1 fully saturated rings. The summed E-state index contributed by atoms with van der Waals surface area (Å²) in [4.78, 5) is 9.57. The van der Waals surface area contributed by atoms with E-state index in [1.165, 1.54) is 0 Å². The zero-order chi connectivity index (χ0) is 17.7. The lowest BCUT2D eigenvalue weighted by atomic mass is 9.96. The van der Waals surface area contributed by atoms with Gasteiger partial charge in [-0.3, -0.25) is 0 Å². The number of halogens is 1. The third kappa shape index (κ3) is 9.34. The molecule has 0 saturated heterocycles. The zero-order valence-electron chi connectivity index (χ0n) is 14.3. The van der Waals surface area contributed by atoms with Crippen LogP contribution >= 0.6 is 11.6 Å². The van der Waals surface area contributed by atoms with Gasteiger partial charge in [-0.05, 0) is 44.5 Å². The average molecular weight is 338 g/mol. The predicted octanol–water partition coefficient (Wildman–Crippen LogP) is 4.37. The van der Waals surface area contributed by atoms with Crippen LogP contribution in [-0.2, 0) is 15.1 Å². The number of allylic oxidation sites excluding steroid dienone is 2. The van der Waals surface area contributed by atoms with Gasteiger partial charge in [0.15, 0.2) is 0 Å². The Balaban J connectivity index is 0.000000438. The van der Waals surface area contributed by atoms with E-state index in [9.17, 15) is 4.79 Å². The lowest BCUT2D eigenvalue weighted by Gasteiger charge is -2.28. The van der Waals surface area contributed by atoms with E-state index in [0.717, 1.165) is 36.3 Å². The lowest BCUT2D eigenvalue weighted by Crippen LogP contribution is -2.35. The van der Waals surface area contributed by atoms with Crippen molar-refractivity contribution in [3.63, 3.8) is 0 Å². The van der Waals surface area contributed by atoms with Crippen molar-refractivity contribution in [2.45, 2.75) is 25.4 Å². The smallest absolute Gasteiger partial charge is 0.123 e. The van der Waals surface area contributed by atoms with Crippen LogP contribution in [0.15, 0.2) is 49.6 Å². The fourth-order valence-electron chi connectivity index (χ4n) is 1.68. The highest BCUT2D eigenvalue weighted by Crippen LogP contribution is 2.26. The quantitative estimate of drug-likeness (QED) is 0.618.